The number of alkyl halides is 3. The highest BCUT2D eigenvalue weighted by Gasteiger charge is 2.30. The second kappa shape index (κ2) is 6.98. The average Bonchev–Trinajstić information content (AvgIpc) is 2.49. The second-order valence-electron chi connectivity index (χ2n) is 4.44. The molecule has 2 rings (SSSR count). The molecule has 1 aromatic heterocycles. The van der Waals surface area contributed by atoms with E-state index in [2.05, 4.69) is 15.0 Å². The number of esters is 1. The maximum atomic E-state index is 12.6. The Morgan fingerprint density at radius 1 is 1.12 bits per heavy atom. The third-order valence-electron chi connectivity index (χ3n) is 2.60. The molecule has 0 unspecified atom stereocenters. The number of nitrogens with zero attached hydrogens (tertiary/aromatic N) is 3. The van der Waals surface area contributed by atoms with Gasteiger partial charge in [0.1, 0.15) is 5.75 Å². The van der Waals surface area contributed by atoms with Crippen molar-refractivity contribution in [1.82, 2.24) is 15.0 Å². The molecule has 2 aromatic rings. The molecular formula is C13H12F3N5O3. The SMILES string of the molecule is Nc1nc(N)nc(COC(=O)COc2cccc(C(F)(F)F)c2)n1. The van der Waals surface area contributed by atoms with Gasteiger partial charge in [-0.15, -0.1) is 0 Å². The van der Waals surface area contributed by atoms with Crippen molar-refractivity contribution in [2.24, 2.45) is 0 Å². The molecule has 0 aliphatic rings. The largest absolute Gasteiger partial charge is 0.482 e. The third kappa shape index (κ3) is 4.97. The molecule has 0 bridgehead atoms. The zero-order valence-corrected chi connectivity index (χ0v) is 12.1. The van der Waals surface area contributed by atoms with Crippen LogP contribution in [0.5, 0.6) is 5.75 Å². The number of carbonyl (C=O) groups is 1. The average molecular weight is 343 g/mol. The molecule has 0 fully saturated rings. The van der Waals surface area contributed by atoms with Crippen molar-refractivity contribution in [2.75, 3.05) is 18.1 Å². The highest BCUT2D eigenvalue weighted by Crippen LogP contribution is 2.31. The van der Waals surface area contributed by atoms with Crippen LogP contribution in [0.2, 0.25) is 0 Å². The van der Waals surface area contributed by atoms with Gasteiger partial charge in [-0.3, -0.25) is 0 Å². The Kier molecular flexibility index (Phi) is 5.02. The van der Waals surface area contributed by atoms with E-state index in [4.69, 9.17) is 20.9 Å². The molecule has 0 aliphatic carbocycles. The summed E-state index contributed by atoms with van der Waals surface area (Å²) in [7, 11) is 0. The monoisotopic (exact) mass is 343 g/mol. The van der Waals surface area contributed by atoms with E-state index in [0.29, 0.717) is 0 Å². The van der Waals surface area contributed by atoms with E-state index in [0.717, 1.165) is 12.1 Å². The number of hydrogen-bond donors (Lipinski definition) is 2. The van der Waals surface area contributed by atoms with Crippen LogP contribution in [0.4, 0.5) is 25.1 Å². The first-order chi connectivity index (χ1) is 11.2. The van der Waals surface area contributed by atoms with E-state index < -0.39 is 24.3 Å². The summed E-state index contributed by atoms with van der Waals surface area (Å²) in [6.07, 6.45) is -4.50. The van der Waals surface area contributed by atoms with Gasteiger partial charge in [0.2, 0.25) is 11.9 Å². The lowest BCUT2D eigenvalue weighted by Gasteiger charge is -2.10. The molecule has 0 saturated carbocycles. The van der Waals surface area contributed by atoms with Crippen LogP contribution < -0.4 is 16.2 Å². The van der Waals surface area contributed by atoms with Crippen LogP contribution >= 0.6 is 0 Å². The number of anilines is 2. The fraction of sp³-hybridized carbons (Fsp3) is 0.231. The Labute approximate surface area is 133 Å². The molecule has 8 nitrogen and oxygen atoms in total. The number of halogens is 3. The summed E-state index contributed by atoms with van der Waals surface area (Å²) in [5, 5.41) is 0. The van der Waals surface area contributed by atoms with Crippen molar-refractivity contribution in [3.63, 3.8) is 0 Å². The maximum absolute atomic E-state index is 12.6. The fourth-order valence-electron chi connectivity index (χ4n) is 1.61. The first-order valence-corrected chi connectivity index (χ1v) is 6.45. The zero-order valence-electron chi connectivity index (χ0n) is 12.1. The number of rotatable bonds is 5. The quantitative estimate of drug-likeness (QED) is 0.775. The molecule has 0 aliphatic heterocycles. The minimum absolute atomic E-state index is 0.0346. The Bertz CT molecular complexity index is 719. The Morgan fingerprint density at radius 3 is 2.42 bits per heavy atom. The summed E-state index contributed by atoms with van der Waals surface area (Å²) in [5.41, 5.74) is 9.82. The molecular weight excluding hydrogens is 331 g/mol. The van der Waals surface area contributed by atoms with Gasteiger partial charge < -0.3 is 20.9 Å². The highest BCUT2D eigenvalue weighted by atomic mass is 19.4. The van der Waals surface area contributed by atoms with Crippen LogP contribution in [0.1, 0.15) is 11.4 Å². The number of hydrogen-bond acceptors (Lipinski definition) is 8. The van der Waals surface area contributed by atoms with Gasteiger partial charge in [-0.1, -0.05) is 6.07 Å². The van der Waals surface area contributed by atoms with Crippen molar-refractivity contribution < 1.29 is 27.4 Å². The lowest BCUT2D eigenvalue weighted by atomic mass is 10.2. The van der Waals surface area contributed by atoms with E-state index in [1.807, 2.05) is 0 Å². The van der Waals surface area contributed by atoms with Crippen molar-refractivity contribution in [1.29, 1.82) is 0 Å². The molecule has 0 amide bonds. The fourth-order valence-corrected chi connectivity index (χ4v) is 1.61. The number of carbonyl (C=O) groups excluding carboxylic acids is 1. The predicted molar refractivity (Wildman–Crippen MR) is 75.4 cm³/mol. The van der Waals surface area contributed by atoms with Gasteiger partial charge in [-0.25, -0.2) is 4.79 Å². The molecule has 0 radical (unpaired) electrons. The minimum Gasteiger partial charge on any atom is -0.482 e. The zero-order chi connectivity index (χ0) is 17.7. The molecule has 1 heterocycles. The van der Waals surface area contributed by atoms with Crippen LogP contribution in [0, 0.1) is 0 Å². The van der Waals surface area contributed by atoms with E-state index >= 15 is 0 Å². The van der Waals surface area contributed by atoms with Crippen molar-refractivity contribution in [2.45, 2.75) is 12.8 Å². The Hall–Kier alpha value is -3.11. The summed E-state index contributed by atoms with van der Waals surface area (Å²) in [6.45, 7) is -0.918. The van der Waals surface area contributed by atoms with Crippen molar-refractivity contribution in [3.05, 3.63) is 35.7 Å². The van der Waals surface area contributed by atoms with Gasteiger partial charge in [-0.05, 0) is 18.2 Å². The first-order valence-electron chi connectivity index (χ1n) is 6.45. The number of nitrogens with two attached hydrogens (primary N) is 2. The number of nitrogen functional groups attached to an aromatic ring is 2. The summed E-state index contributed by atoms with van der Waals surface area (Å²) in [6, 6.07) is 4.12. The van der Waals surface area contributed by atoms with E-state index in [-0.39, 0.29) is 30.1 Å². The molecule has 24 heavy (non-hydrogen) atoms. The molecule has 0 atom stereocenters. The van der Waals surface area contributed by atoms with Gasteiger partial charge in [-0.2, -0.15) is 28.1 Å². The Balaban J connectivity index is 1.87. The van der Waals surface area contributed by atoms with Crippen LogP contribution in [0.15, 0.2) is 24.3 Å². The summed E-state index contributed by atoms with van der Waals surface area (Å²) in [4.78, 5) is 22.5. The molecule has 4 N–H and O–H groups in total. The molecule has 1 aromatic carbocycles. The van der Waals surface area contributed by atoms with Gasteiger partial charge in [0.05, 0.1) is 5.56 Å². The lowest BCUT2D eigenvalue weighted by Crippen LogP contribution is -2.16. The van der Waals surface area contributed by atoms with Crippen molar-refractivity contribution >= 4 is 17.9 Å². The first kappa shape index (κ1) is 17.2. The third-order valence-corrected chi connectivity index (χ3v) is 2.60. The van der Waals surface area contributed by atoms with Gasteiger partial charge >= 0.3 is 12.1 Å². The number of aromatic nitrogens is 3. The van der Waals surface area contributed by atoms with Gasteiger partial charge in [0, 0.05) is 0 Å². The van der Waals surface area contributed by atoms with Crippen molar-refractivity contribution in [3.8, 4) is 5.75 Å². The maximum Gasteiger partial charge on any atom is 0.416 e. The van der Waals surface area contributed by atoms with E-state index in [1.54, 1.807) is 0 Å². The van der Waals surface area contributed by atoms with Crippen LogP contribution in [0.25, 0.3) is 0 Å². The number of benzene rings is 1. The smallest absolute Gasteiger partial charge is 0.416 e. The van der Waals surface area contributed by atoms with E-state index in [9.17, 15) is 18.0 Å². The topological polar surface area (TPSA) is 126 Å². The highest BCUT2D eigenvalue weighted by molar-refractivity contribution is 5.71. The standard InChI is InChI=1S/C13H12F3N5O3/c14-13(15,16)7-2-1-3-8(4-7)23-6-10(22)24-5-9-19-11(17)21-12(18)20-9/h1-4H,5-6H2,(H4,17,18,19,20,21). The minimum atomic E-state index is -4.50. The number of ether oxygens (including phenoxy) is 2. The molecule has 0 spiro atoms. The van der Waals surface area contributed by atoms with Crippen LogP contribution in [-0.2, 0) is 22.3 Å². The second-order valence-corrected chi connectivity index (χ2v) is 4.44. The normalized spacial score (nSPS) is 11.1. The summed E-state index contributed by atoms with van der Waals surface area (Å²) >= 11 is 0. The predicted octanol–water partition coefficient (Wildman–Crippen LogP) is 1.18. The Morgan fingerprint density at radius 2 is 1.79 bits per heavy atom. The lowest BCUT2D eigenvalue weighted by molar-refractivity contribution is -0.147. The van der Waals surface area contributed by atoms with Gasteiger partial charge in [0.15, 0.2) is 19.0 Å². The van der Waals surface area contributed by atoms with E-state index in [1.165, 1.54) is 12.1 Å². The summed E-state index contributed by atoms with van der Waals surface area (Å²) < 4.78 is 47.4. The van der Waals surface area contributed by atoms with Crippen LogP contribution in [-0.4, -0.2) is 27.5 Å². The molecule has 128 valence electrons. The summed E-state index contributed by atoms with van der Waals surface area (Å²) in [5.74, 6) is -1.17. The molecule has 11 heteroatoms. The van der Waals surface area contributed by atoms with Crippen LogP contribution in [0.3, 0.4) is 0 Å². The molecule has 0 saturated heterocycles. The van der Waals surface area contributed by atoms with Gasteiger partial charge in [0.25, 0.3) is 0 Å².